The van der Waals surface area contributed by atoms with Crippen molar-refractivity contribution in [2.24, 2.45) is 5.73 Å². The number of anilines is 1. The van der Waals surface area contributed by atoms with Crippen LogP contribution in [0.15, 0.2) is 47.5 Å². The quantitative estimate of drug-likeness (QED) is 0.659. The number of hydrogen-bond donors (Lipinski definition) is 3. The lowest BCUT2D eigenvalue weighted by Crippen LogP contribution is -2.28. The first kappa shape index (κ1) is 15.9. The summed E-state index contributed by atoms with van der Waals surface area (Å²) in [6.07, 6.45) is 2.06. The highest BCUT2D eigenvalue weighted by Crippen LogP contribution is 2.18. The maximum absolute atomic E-state index is 12.3. The summed E-state index contributed by atoms with van der Waals surface area (Å²) in [6, 6.07) is 9.32. The molecule has 1 heterocycles. The van der Waals surface area contributed by atoms with Gasteiger partial charge in [-0.1, -0.05) is 6.07 Å². The Morgan fingerprint density at radius 1 is 1.23 bits per heavy atom. The summed E-state index contributed by atoms with van der Waals surface area (Å²) in [5.41, 5.74) is 11.7. The number of nitrogens with one attached hydrogen (secondary N) is 1. The molecule has 0 bridgehead atoms. The zero-order valence-corrected chi connectivity index (χ0v) is 12.5. The lowest BCUT2D eigenvalue weighted by atomic mass is 10.2. The van der Waals surface area contributed by atoms with Crippen molar-refractivity contribution in [3.63, 3.8) is 0 Å². The third kappa shape index (κ3) is 3.80. The molecule has 0 spiro atoms. The van der Waals surface area contributed by atoms with Gasteiger partial charge in [-0.2, -0.15) is 0 Å². The largest absolute Gasteiger partial charge is 0.399 e. The SMILES string of the molecule is NC(=O)c1ccc(N)cc1S(=O)(=O)NCCc1ccccn1. The fourth-order valence-electron chi connectivity index (χ4n) is 1.90. The highest BCUT2D eigenvalue weighted by Gasteiger charge is 2.21. The maximum atomic E-state index is 12.3. The number of sulfonamides is 1. The number of hydrogen-bond acceptors (Lipinski definition) is 5. The average Bonchev–Trinajstić information content (AvgIpc) is 2.47. The second-order valence-electron chi connectivity index (χ2n) is 4.59. The van der Waals surface area contributed by atoms with Gasteiger partial charge in [-0.15, -0.1) is 0 Å². The molecule has 8 heteroatoms. The van der Waals surface area contributed by atoms with E-state index in [4.69, 9.17) is 11.5 Å². The number of benzene rings is 1. The number of nitrogen functional groups attached to an aromatic ring is 1. The molecule has 22 heavy (non-hydrogen) atoms. The van der Waals surface area contributed by atoms with E-state index >= 15 is 0 Å². The van der Waals surface area contributed by atoms with Crippen molar-refractivity contribution in [3.05, 3.63) is 53.9 Å². The average molecular weight is 320 g/mol. The number of primary amides is 1. The topological polar surface area (TPSA) is 128 Å². The Hall–Kier alpha value is -2.45. The van der Waals surface area contributed by atoms with Crippen molar-refractivity contribution in [2.45, 2.75) is 11.3 Å². The van der Waals surface area contributed by atoms with Gasteiger partial charge in [0.15, 0.2) is 0 Å². The van der Waals surface area contributed by atoms with Crippen LogP contribution in [0.25, 0.3) is 0 Å². The van der Waals surface area contributed by atoms with Crippen molar-refractivity contribution in [1.29, 1.82) is 0 Å². The van der Waals surface area contributed by atoms with Gasteiger partial charge in [0.2, 0.25) is 15.9 Å². The van der Waals surface area contributed by atoms with Crippen LogP contribution in [0.3, 0.4) is 0 Å². The van der Waals surface area contributed by atoms with E-state index in [1.807, 2.05) is 6.07 Å². The number of aromatic nitrogens is 1. The van der Waals surface area contributed by atoms with Gasteiger partial charge in [0.05, 0.1) is 10.5 Å². The summed E-state index contributed by atoms with van der Waals surface area (Å²) in [4.78, 5) is 15.2. The Bertz CT molecular complexity index is 776. The zero-order valence-electron chi connectivity index (χ0n) is 11.7. The molecule has 0 unspecified atom stereocenters. The summed E-state index contributed by atoms with van der Waals surface area (Å²) in [5, 5.41) is 0. The molecule has 7 nitrogen and oxygen atoms in total. The van der Waals surface area contributed by atoms with E-state index < -0.39 is 15.9 Å². The van der Waals surface area contributed by atoms with Gasteiger partial charge in [-0.25, -0.2) is 13.1 Å². The van der Waals surface area contributed by atoms with E-state index in [9.17, 15) is 13.2 Å². The molecular formula is C14H16N4O3S. The Kier molecular flexibility index (Phi) is 4.74. The molecule has 0 aliphatic carbocycles. The van der Waals surface area contributed by atoms with E-state index in [1.54, 1.807) is 18.3 Å². The molecular weight excluding hydrogens is 304 g/mol. The minimum atomic E-state index is -3.89. The highest BCUT2D eigenvalue weighted by molar-refractivity contribution is 7.89. The van der Waals surface area contributed by atoms with Crippen LogP contribution in [0.5, 0.6) is 0 Å². The smallest absolute Gasteiger partial charge is 0.250 e. The first-order valence-corrected chi connectivity index (χ1v) is 7.97. The van der Waals surface area contributed by atoms with Crippen LogP contribution in [0.4, 0.5) is 5.69 Å². The maximum Gasteiger partial charge on any atom is 0.250 e. The first-order valence-electron chi connectivity index (χ1n) is 6.49. The summed E-state index contributed by atoms with van der Waals surface area (Å²) in [6.45, 7) is 0.145. The third-order valence-electron chi connectivity index (χ3n) is 2.96. The number of carbonyl (C=O) groups excluding carboxylic acids is 1. The van der Waals surface area contributed by atoms with Crippen LogP contribution in [0.1, 0.15) is 16.1 Å². The van der Waals surface area contributed by atoms with E-state index in [1.165, 1.54) is 18.2 Å². The molecule has 1 aromatic carbocycles. The number of amides is 1. The molecule has 0 aliphatic heterocycles. The molecule has 0 atom stereocenters. The Balaban J connectivity index is 2.17. The molecule has 0 aliphatic rings. The summed E-state index contributed by atoms with van der Waals surface area (Å²) in [7, 11) is -3.89. The predicted octanol–water partition coefficient (Wildman–Crippen LogP) is 0.284. The lowest BCUT2D eigenvalue weighted by molar-refractivity contribution is 0.0997. The van der Waals surface area contributed by atoms with Crippen molar-refractivity contribution in [3.8, 4) is 0 Å². The standard InChI is InChI=1S/C14H16N4O3S/c15-10-4-5-12(14(16)19)13(9-10)22(20,21)18-8-6-11-3-1-2-7-17-11/h1-5,7,9,18H,6,8,15H2,(H2,16,19). The molecule has 0 radical (unpaired) electrons. The molecule has 0 fully saturated rings. The second kappa shape index (κ2) is 6.54. The van der Waals surface area contributed by atoms with Gasteiger partial charge < -0.3 is 11.5 Å². The Morgan fingerprint density at radius 2 is 2.00 bits per heavy atom. The van der Waals surface area contributed by atoms with Crippen LogP contribution in [0, 0.1) is 0 Å². The van der Waals surface area contributed by atoms with Gasteiger partial charge in [-0.3, -0.25) is 9.78 Å². The second-order valence-corrected chi connectivity index (χ2v) is 6.32. The van der Waals surface area contributed by atoms with Crippen molar-refractivity contribution in [1.82, 2.24) is 9.71 Å². The van der Waals surface area contributed by atoms with Crippen LogP contribution in [-0.4, -0.2) is 25.9 Å². The van der Waals surface area contributed by atoms with E-state index in [2.05, 4.69) is 9.71 Å². The van der Waals surface area contributed by atoms with Crippen LogP contribution < -0.4 is 16.2 Å². The lowest BCUT2D eigenvalue weighted by Gasteiger charge is -2.10. The molecule has 5 N–H and O–H groups in total. The van der Waals surface area contributed by atoms with Gasteiger partial charge in [-0.05, 0) is 30.3 Å². The fourth-order valence-corrected chi connectivity index (χ4v) is 3.18. The Labute approximate surface area is 128 Å². The normalized spacial score (nSPS) is 11.3. The van der Waals surface area contributed by atoms with Gasteiger partial charge in [0.25, 0.3) is 0 Å². The molecule has 0 saturated carbocycles. The van der Waals surface area contributed by atoms with E-state index in [-0.39, 0.29) is 22.7 Å². The molecule has 0 saturated heterocycles. The van der Waals surface area contributed by atoms with Crippen molar-refractivity contribution >= 4 is 21.6 Å². The molecule has 2 rings (SSSR count). The summed E-state index contributed by atoms with van der Waals surface area (Å²) in [5.74, 6) is -0.829. The molecule has 1 amide bonds. The van der Waals surface area contributed by atoms with Crippen LogP contribution >= 0.6 is 0 Å². The summed E-state index contributed by atoms with van der Waals surface area (Å²) < 4.78 is 27.0. The third-order valence-corrected chi connectivity index (χ3v) is 4.46. The van der Waals surface area contributed by atoms with Crippen LogP contribution in [0.2, 0.25) is 0 Å². The van der Waals surface area contributed by atoms with Gasteiger partial charge in [0.1, 0.15) is 0 Å². The number of pyridine rings is 1. The Morgan fingerprint density at radius 3 is 2.64 bits per heavy atom. The van der Waals surface area contributed by atoms with Crippen LogP contribution in [-0.2, 0) is 16.4 Å². The molecule has 1 aromatic heterocycles. The zero-order chi connectivity index (χ0) is 16.2. The van der Waals surface area contributed by atoms with Gasteiger partial charge >= 0.3 is 0 Å². The predicted molar refractivity (Wildman–Crippen MR) is 82.5 cm³/mol. The number of nitrogens with two attached hydrogens (primary N) is 2. The highest BCUT2D eigenvalue weighted by atomic mass is 32.2. The van der Waals surface area contributed by atoms with E-state index in [0.29, 0.717) is 6.42 Å². The summed E-state index contributed by atoms with van der Waals surface area (Å²) >= 11 is 0. The number of carbonyl (C=O) groups is 1. The first-order chi connectivity index (χ1) is 10.4. The number of nitrogens with zero attached hydrogens (tertiary/aromatic N) is 1. The molecule has 116 valence electrons. The monoisotopic (exact) mass is 320 g/mol. The fraction of sp³-hybridized carbons (Fsp3) is 0.143. The van der Waals surface area contributed by atoms with Crippen molar-refractivity contribution < 1.29 is 13.2 Å². The van der Waals surface area contributed by atoms with E-state index in [0.717, 1.165) is 5.69 Å². The van der Waals surface area contributed by atoms with Gasteiger partial charge in [0, 0.05) is 30.5 Å². The minimum Gasteiger partial charge on any atom is -0.399 e. The number of rotatable bonds is 6. The minimum absolute atomic E-state index is 0.0977. The van der Waals surface area contributed by atoms with Crippen molar-refractivity contribution in [2.75, 3.05) is 12.3 Å². The molecule has 2 aromatic rings.